The molecular weight excluding hydrogens is 382 g/mol. The number of nitro benzene ring substituents is 1. The van der Waals surface area contributed by atoms with Crippen LogP contribution in [-0.2, 0) is 14.3 Å². The molecule has 0 aliphatic heterocycles. The van der Waals surface area contributed by atoms with Crippen LogP contribution in [0.2, 0.25) is 0 Å². The molecule has 154 valence electrons. The number of benzene rings is 1. The molecule has 0 unspecified atom stereocenters. The van der Waals surface area contributed by atoms with Crippen molar-refractivity contribution in [3.05, 3.63) is 46.0 Å². The Kier molecular flexibility index (Phi) is 12.6. The molecule has 0 saturated heterocycles. The summed E-state index contributed by atoms with van der Waals surface area (Å²) < 4.78 is 5.08. The lowest BCUT2D eigenvalue weighted by Crippen LogP contribution is -2.10. The summed E-state index contributed by atoms with van der Waals surface area (Å²) in [7, 11) is 0. The average molecular weight is 410 g/mol. The van der Waals surface area contributed by atoms with Crippen LogP contribution in [0.3, 0.4) is 0 Å². The van der Waals surface area contributed by atoms with Crippen LogP contribution in [0, 0.1) is 10.1 Å². The number of halogens is 1. The second-order valence-electron chi connectivity index (χ2n) is 6.57. The van der Waals surface area contributed by atoms with Crippen LogP contribution in [0.15, 0.2) is 30.3 Å². The first-order chi connectivity index (χ1) is 13.5. The molecule has 0 heterocycles. The van der Waals surface area contributed by atoms with E-state index in [0.717, 1.165) is 31.6 Å². The van der Waals surface area contributed by atoms with Crippen molar-refractivity contribution < 1.29 is 19.2 Å². The zero-order valence-corrected chi connectivity index (χ0v) is 16.9. The van der Waals surface area contributed by atoms with Gasteiger partial charge in [0.05, 0.1) is 11.5 Å². The van der Waals surface area contributed by atoms with E-state index in [-0.39, 0.29) is 12.1 Å². The number of nitro groups is 1. The van der Waals surface area contributed by atoms with Gasteiger partial charge in [-0.2, -0.15) is 0 Å². The first-order valence-electron chi connectivity index (χ1n) is 9.70. The fraction of sp³-hybridized carbons (Fsp3) is 0.524. The Hall–Kier alpha value is -2.21. The number of esters is 1. The molecule has 0 N–H and O–H groups in total. The first-order valence-corrected chi connectivity index (χ1v) is 10.2. The molecule has 0 atom stereocenters. The predicted octanol–water partition coefficient (Wildman–Crippen LogP) is 5.47. The number of carbonyl (C=O) groups excluding carboxylic acids is 2. The van der Waals surface area contributed by atoms with Gasteiger partial charge in [-0.25, -0.2) is 0 Å². The molecule has 0 amide bonds. The largest absolute Gasteiger partial charge is 0.465 e. The topological polar surface area (TPSA) is 86.5 Å². The van der Waals surface area contributed by atoms with Crippen LogP contribution in [0.1, 0.15) is 63.4 Å². The first kappa shape index (κ1) is 23.8. The highest BCUT2D eigenvalue weighted by Gasteiger charge is 2.09. The van der Waals surface area contributed by atoms with Crippen molar-refractivity contribution in [1.82, 2.24) is 0 Å². The number of hydrogen-bond donors (Lipinski definition) is 0. The van der Waals surface area contributed by atoms with Crippen molar-refractivity contribution in [3.63, 3.8) is 0 Å². The molecule has 6 nitrogen and oxygen atoms in total. The smallest absolute Gasteiger partial charge is 0.313 e. The molecule has 7 heteroatoms. The number of alkyl halides is 1. The summed E-state index contributed by atoms with van der Waals surface area (Å²) in [5, 5.41) is 10.7. The van der Waals surface area contributed by atoms with Gasteiger partial charge in [0.15, 0.2) is 5.78 Å². The van der Waals surface area contributed by atoms with Gasteiger partial charge in [0.25, 0.3) is 5.69 Å². The maximum atomic E-state index is 11.8. The van der Waals surface area contributed by atoms with Crippen molar-refractivity contribution in [2.24, 2.45) is 0 Å². The van der Waals surface area contributed by atoms with E-state index in [1.807, 2.05) is 0 Å². The number of ether oxygens (including phenoxy) is 1. The molecule has 0 spiro atoms. The fourth-order valence-electron chi connectivity index (χ4n) is 2.63. The van der Waals surface area contributed by atoms with Crippen molar-refractivity contribution in [3.8, 4) is 0 Å². The molecule has 0 aromatic heterocycles. The quantitative estimate of drug-likeness (QED) is 0.0728. The van der Waals surface area contributed by atoms with Crippen LogP contribution in [-0.4, -0.2) is 29.2 Å². The Labute approximate surface area is 171 Å². The van der Waals surface area contributed by atoms with Crippen LogP contribution >= 0.6 is 11.6 Å². The maximum absolute atomic E-state index is 11.8. The van der Waals surface area contributed by atoms with Crippen LogP contribution in [0.4, 0.5) is 5.69 Å². The SMILES string of the molecule is O=C(C=Cc1cccc([N+](=O)[O-])c1)CC(=O)OCCCCCCCCCCCl. The minimum absolute atomic E-state index is 0.0516. The van der Waals surface area contributed by atoms with Crippen LogP contribution in [0.25, 0.3) is 6.08 Å². The van der Waals surface area contributed by atoms with Crippen molar-refractivity contribution in [2.75, 3.05) is 12.5 Å². The number of allylic oxidation sites excluding steroid dienone is 1. The standard InChI is InChI=1S/C21H28ClNO5/c22-14-7-5-3-1-2-4-6-8-15-28-21(25)17-20(24)13-12-18-10-9-11-19(16-18)23(26)27/h9-13,16H,1-8,14-15,17H2. The Bertz CT molecular complexity index is 660. The molecule has 0 aliphatic rings. The zero-order valence-electron chi connectivity index (χ0n) is 16.1. The van der Waals surface area contributed by atoms with Crippen LogP contribution in [0.5, 0.6) is 0 Å². The van der Waals surface area contributed by atoms with Crippen molar-refractivity contribution >= 4 is 35.1 Å². The third-order valence-electron chi connectivity index (χ3n) is 4.15. The Morgan fingerprint density at radius 2 is 1.68 bits per heavy atom. The number of hydrogen-bond acceptors (Lipinski definition) is 5. The summed E-state index contributed by atoms with van der Waals surface area (Å²) in [5.41, 5.74) is 0.475. The second-order valence-corrected chi connectivity index (χ2v) is 6.94. The molecule has 1 aromatic carbocycles. The highest BCUT2D eigenvalue weighted by Crippen LogP contribution is 2.14. The minimum atomic E-state index is -0.547. The summed E-state index contributed by atoms with van der Waals surface area (Å²) >= 11 is 5.63. The molecule has 1 aromatic rings. The van der Waals surface area contributed by atoms with Gasteiger partial charge in [0, 0.05) is 18.0 Å². The lowest BCUT2D eigenvalue weighted by molar-refractivity contribution is -0.384. The normalized spacial score (nSPS) is 10.9. The van der Waals surface area contributed by atoms with E-state index in [4.69, 9.17) is 16.3 Å². The summed E-state index contributed by atoms with van der Waals surface area (Å²) in [6.45, 7) is 0.326. The van der Waals surface area contributed by atoms with Gasteiger partial charge in [-0.3, -0.25) is 19.7 Å². The molecular formula is C21H28ClNO5. The van der Waals surface area contributed by atoms with E-state index in [9.17, 15) is 19.7 Å². The summed E-state index contributed by atoms with van der Waals surface area (Å²) in [6, 6.07) is 5.92. The summed E-state index contributed by atoms with van der Waals surface area (Å²) in [6.07, 6.45) is 11.2. The van der Waals surface area contributed by atoms with E-state index < -0.39 is 16.7 Å². The van der Waals surface area contributed by atoms with E-state index in [0.29, 0.717) is 12.2 Å². The number of non-ortho nitro benzene ring substituents is 1. The summed E-state index contributed by atoms with van der Waals surface area (Å²) in [4.78, 5) is 33.7. The predicted molar refractivity (Wildman–Crippen MR) is 110 cm³/mol. The maximum Gasteiger partial charge on any atom is 0.313 e. The van der Waals surface area contributed by atoms with E-state index in [2.05, 4.69) is 0 Å². The highest BCUT2D eigenvalue weighted by atomic mass is 35.5. The van der Waals surface area contributed by atoms with Gasteiger partial charge in [-0.15, -0.1) is 11.6 Å². The van der Waals surface area contributed by atoms with Gasteiger partial charge in [0.2, 0.25) is 0 Å². The molecule has 0 fully saturated rings. The third kappa shape index (κ3) is 11.5. The molecule has 28 heavy (non-hydrogen) atoms. The van der Waals surface area contributed by atoms with Crippen molar-refractivity contribution in [1.29, 1.82) is 0 Å². The van der Waals surface area contributed by atoms with Crippen LogP contribution < -0.4 is 0 Å². The van der Waals surface area contributed by atoms with E-state index >= 15 is 0 Å². The summed E-state index contributed by atoms with van der Waals surface area (Å²) in [5.74, 6) is -0.207. The Balaban J connectivity index is 2.14. The number of ketones is 1. The fourth-order valence-corrected chi connectivity index (χ4v) is 2.82. The Morgan fingerprint density at radius 3 is 2.32 bits per heavy atom. The second kappa shape index (κ2) is 14.8. The number of unbranched alkanes of at least 4 members (excludes halogenated alkanes) is 7. The van der Waals surface area contributed by atoms with Gasteiger partial charge < -0.3 is 4.74 Å². The Morgan fingerprint density at radius 1 is 1.04 bits per heavy atom. The van der Waals surface area contributed by atoms with Gasteiger partial charge in [-0.05, 0) is 24.5 Å². The highest BCUT2D eigenvalue weighted by molar-refractivity contribution is 6.17. The molecule has 0 radical (unpaired) electrons. The lowest BCUT2D eigenvalue weighted by Gasteiger charge is -2.04. The van der Waals surface area contributed by atoms with Crippen molar-refractivity contribution in [2.45, 2.75) is 57.8 Å². The molecule has 0 aliphatic carbocycles. The molecule has 0 saturated carbocycles. The third-order valence-corrected chi connectivity index (χ3v) is 4.42. The number of rotatable bonds is 15. The van der Waals surface area contributed by atoms with E-state index in [1.165, 1.54) is 56.0 Å². The zero-order chi connectivity index (χ0) is 20.6. The average Bonchev–Trinajstić information content (AvgIpc) is 2.68. The number of carbonyl (C=O) groups is 2. The lowest BCUT2D eigenvalue weighted by atomic mass is 10.1. The van der Waals surface area contributed by atoms with E-state index in [1.54, 1.807) is 6.07 Å². The molecule has 0 bridgehead atoms. The van der Waals surface area contributed by atoms with Gasteiger partial charge >= 0.3 is 5.97 Å². The minimum Gasteiger partial charge on any atom is -0.465 e. The monoisotopic (exact) mass is 409 g/mol. The number of nitrogens with zero attached hydrogens (tertiary/aromatic N) is 1. The van der Waals surface area contributed by atoms with Gasteiger partial charge in [-0.1, -0.05) is 56.7 Å². The molecule has 1 rings (SSSR count). The van der Waals surface area contributed by atoms with Gasteiger partial charge in [0.1, 0.15) is 6.42 Å².